The lowest BCUT2D eigenvalue weighted by atomic mass is 10.2. The average molecular weight is 463 g/mol. The molecule has 2 amide bonds. The summed E-state index contributed by atoms with van der Waals surface area (Å²) in [6.07, 6.45) is 1.60. The lowest BCUT2D eigenvalue weighted by Crippen LogP contribution is -2.27. The summed E-state index contributed by atoms with van der Waals surface area (Å²) in [5.74, 6) is -0.321. The number of halogens is 1. The maximum atomic E-state index is 13.1. The van der Waals surface area contributed by atoms with Crippen LogP contribution in [0.15, 0.2) is 77.7 Å². The minimum atomic E-state index is -0.507. The Morgan fingerprint density at radius 2 is 1.58 bits per heavy atom. The number of imide groups is 1. The monoisotopic (exact) mass is 463 g/mol. The van der Waals surface area contributed by atoms with Crippen LogP contribution < -0.4 is 9.47 Å². The fraction of sp³-hybridized carbons (Fsp3) is 0.0800. The van der Waals surface area contributed by atoms with E-state index >= 15 is 0 Å². The van der Waals surface area contributed by atoms with Gasteiger partial charge in [-0.3, -0.25) is 14.5 Å². The van der Waals surface area contributed by atoms with Gasteiger partial charge in [-0.05, 0) is 77.5 Å². The Morgan fingerprint density at radius 1 is 0.939 bits per heavy atom. The molecule has 0 N–H and O–H groups in total. The van der Waals surface area contributed by atoms with Crippen molar-refractivity contribution < 1.29 is 28.2 Å². The summed E-state index contributed by atoms with van der Waals surface area (Å²) in [7, 11) is 1.54. The zero-order valence-electron chi connectivity index (χ0n) is 17.5. The van der Waals surface area contributed by atoms with E-state index in [9.17, 15) is 18.8 Å². The van der Waals surface area contributed by atoms with Gasteiger partial charge in [-0.2, -0.15) is 0 Å². The molecule has 0 spiro atoms. The van der Waals surface area contributed by atoms with E-state index in [2.05, 4.69) is 0 Å². The summed E-state index contributed by atoms with van der Waals surface area (Å²) in [6.45, 7) is 0.0720. The summed E-state index contributed by atoms with van der Waals surface area (Å²) >= 11 is 0.843. The average Bonchev–Trinajstić information content (AvgIpc) is 3.09. The molecule has 0 atom stereocenters. The van der Waals surface area contributed by atoms with Crippen LogP contribution in [0.3, 0.4) is 0 Å². The zero-order valence-corrected chi connectivity index (χ0v) is 18.3. The molecule has 1 saturated heterocycles. The highest BCUT2D eigenvalue weighted by molar-refractivity contribution is 8.18. The molecule has 6 nitrogen and oxygen atoms in total. The van der Waals surface area contributed by atoms with Crippen LogP contribution in [0.2, 0.25) is 0 Å². The second kappa shape index (κ2) is 9.70. The van der Waals surface area contributed by atoms with Gasteiger partial charge >= 0.3 is 5.97 Å². The van der Waals surface area contributed by atoms with Crippen molar-refractivity contribution in [1.29, 1.82) is 0 Å². The maximum absolute atomic E-state index is 13.1. The molecule has 1 heterocycles. The second-order valence-corrected chi connectivity index (χ2v) is 8.07. The highest BCUT2D eigenvalue weighted by Gasteiger charge is 2.34. The van der Waals surface area contributed by atoms with E-state index in [-0.39, 0.29) is 22.5 Å². The third kappa shape index (κ3) is 5.30. The number of rotatable bonds is 6. The Labute approximate surface area is 193 Å². The number of benzene rings is 3. The van der Waals surface area contributed by atoms with Crippen molar-refractivity contribution >= 4 is 35.0 Å². The quantitative estimate of drug-likeness (QED) is 0.281. The molecular weight excluding hydrogens is 445 g/mol. The number of carbonyl (C=O) groups excluding carboxylic acids is 3. The van der Waals surface area contributed by atoms with E-state index in [1.165, 1.54) is 24.3 Å². The van der Waals surface area contributed by atoms with Crippen molar-refractivity contribution in [1.82, 2.24) is 4.90 Å². The van der Waals surface area contributed by atoms with Crippen molar-refractivity contribution in [3.05, 3.63) is 100 Å². The molecule has 0 bridgehead atoms. The number of hydrogen-bond acceptors (Lipinski definition) is 6. The van der Waals surface area contributed by atoms with Gasteiger partial charge in [-0.1, -0.05) is 24.3 Å². The molecule has 8 heteroatoms. The molecule has 4 rings (SSSR count). The van der Waals surface area contributed by atoms with Gasteiger partial charge < -0.3 is 9.47 Å². The second-order valence-electron chi connectivity index (χ2n) is 7.08. The molecule has 1 aliphatic rings. The van der Waals surface area contributed by atoms with E-state index in [0.717, 1.165) is 16.7 Å². The number of ether oxygens (including phenoxy) is 2. The summed E-state index contributed by atoms with van der Waals surface area (Å²) < 4.78 is 23.5. The Balaban J connectivity index is 1.41. The summed E-state index contributed by atoms with van der Waals surface area (Å²) in [5, 5.41) is -0.388. The van der Waals surface area contributed by atoms with Crippen molar-refractivity contribution in [2.24, 2.45) is 0 Å². The molecule has 3 aromatic rings. The third-order valence-electron chi connectivity index (χ3n) is 4.84. The molecular formula is C25H18FNO5S. The smallest absolute Gasteiger partial charge is 0.343 e. The topological polar surface area (TPSA) is 72.9 Å². The van der Waals surface area contributed by atoms with E-state index in [0.29, 0.717) is 28.2 Å². The summed E-state index contributed by atoms with van der Waals surface area (Å²) in [6, 6.07) is 18.8. The molecule has 0 radical (unpaired) electrons. The Morgan fingerprint density at radius 3 is 2.21 bits per heavy atom. The van der Waals surface area contributed by atoms with Crippen LogP contribution in [0.25, 0.3) is 6.08 Å². The number of amides is 2. The molecule has 166 valence electrons. The lowest BCUT2D eigenvalue weighted by Gasteiger charge is -2.12. The standard InChI is InChI=1S/C25H18FNO5S/c1-31-20-12-6-18(7-13-20)24(29)32-21-10-4-16(5-11-21)14-22-23(28)27(25(30)33-22)15-17-2-8-19(26)9-3-17/h2-14H,15H2,1H3/b22-14+. The number of hydrogen-bond donors (Lipinski definition) is 0. The molecule has 33 heavy (non-hydrogen) atoms. The zero-order chi connectivity index (χ0) is 23.4. The minimum Gasteiger partial charge on any atom is -0.497 e. The highest BCUT2D eigenvalue weighted by atomic mass is 32.2. The molecule has 1 fully saturated rings. The molecule has 0 unspecified atom stereocenters. The number of methoxy groups -OCH3 is 1. The van der Waals surface area contributed by atoms with Gasteiger partial charge in [-0.15, -0.1) is 0 Å². The van der Waals surface area contributed by atoms with Crippen LogP contribution in [0.5, 0.6) is 11.5 Å². The first-order valence-corrected chi connectivity index (χ1v) is 10.7. The number of thioether (sulfide) groups is 1. The number of carbonyl (C=O) groups is 3. The Kier molecular flexibility index (Phi) is 6.55. The predicted molar refractivity (Wildman–Crippen MR) is 122 cm³/mol. The molecule has 0 saturated carbocycles. The SMILES string of the molecule is COc1ccc(C(=O)Oc2ccc(/C=C3/SC(=O)N(Cc4ccc(F)cc4)C3=O)cc2)cc1. The molecule has 0 aliphatic carbocycles. The third-order valence-corrected chi connectivity index (χ3v) is 5.75. The predicted octanol–water partition coefficient (Wildman–Crippen LogP) is 5.29. The van der Waals surface area contributed by atoms with Gasteiger partial charge in [0.25, 0.3) is 11.1 Å². The largest absolute Gasteiger partial charge is 0.497 e. The maximum Gasteiger partial charge on any atom is 0.343 e. The van der Waals surface area contributed by atoms with Crippen LogP contribution in [-0.4, -0.2) is 29.1 Å². The Bertz CT molecular complexity index is 1220. The minimum absolute atomic E-state index is 0.0720. The fourth-order valence-corrected chi connectivity index (χ4v) is 3.92. The van der Waals surface area contributed by atoms with Crippen molar-refractivity contribution in [2.45, 2.75) is 6.54 Å². The molecule has 3 aromatic carbocycles. The number of esters is 1. The van der Waals surface area contributed by atoms with Gasteiger partial charge in [0.05, 0.1) is 24.1 Å². The highest BCUT2D eigenvalue weighted by Crippen LogP contribution is 2.33. The Hall–Kier alpha value is -3.91. The molecule has 1 aliphatic heterocycles. The molecule has 0 aromatic heterocycles. The first kappa shape index (κ1) is 22.3. The van der Waals surface area contributed by atoms with Crippen molar-refractivity contribution in [3.63, 3.8) is 0 Å². The van der Waals surface area contributed by atoms with Crippen LogP contribution in [0, 0.1) is 5.82 Å². The van der Waals surface area contributed by atoms with Gasteiger partial charge in [-0.25, -0.2) is 9.18 Å². The lowest BCUT2D eigenvalue weighted by molar-refractivity contribution is -0.123. The van der Waals surface area contributed by atoms with E-state index in [1.54, 1.807) is 61.7 Å². The summed E-state index contributed by atoms with van der Waals surface area (Å²) in [4.78, 5) is 38.6. The van der Waals surface area contributed by atoms with Crippen molar-refractivity contribution in [2.75, 3.05) is 7.11 Å². The van der Waals surface area contributed by atoms with E-state index in [4.69, 9.17) is 9.47 Å². The first-order valence-electron chi connectivity index (χ1n) is 9.89. The van der Waals surface area contributed by atoms with Gasteiger partial charge in [0.2, 0.25) is 0 Å². The first-order chi connectivity index (χ1) is 15.9. The van der Waals surface area contributed by atoms with E-state index in [1.807, 2.05) is 0 Å². The van der Waals surface area contributed by atoms with Crippen LogP contribution in [0.4, 0.5) is 9.18 Å². The van der Waals surface area contributed by atoms with Gasteiger partial charge in [0.1, 0.15) is 17.3 Å². The van der Waals surface area contributed by atoms with Crippen molar-refractivity contribution in [3.8, 4) is 11.5 Å². The van der Waals surface area contributed by atoms with Gasteiger partial charge in [0.15, 0.2) is 0 Å². The number of nitrogens with zero attached hydrogens (tertiary/aromatic N) is 1. The fourth-order valence-electron chi connectivity index (χ4n) is 3.09. The van der Waals surface area contributed by atoms with Crippen LogP contribution >= 0.6 is 11.8 Å². The van der Waals surface area contributed by atoms with Crippen LogP contribution in [-0.2, 0) is 11.3 Å². The van der Waals surface area contributed by atoms with E-state index < -0.39 is 11.9 Å². The van der Waals surface area contributed by atoms with Crippen LogP contribution in [0.1, 0.15) is 21.5 Å². The normalized spacial score (nSPS) is 14.6. The van der Waals surface area contributed by atoms with Gasteiger partial charge in [0, 0.05) is 0 Å². The summed E-state index contributed by atoms with van der Waals surface area (Å²) in [5.41, 5.74) is 1.71.